The number of hydrogen-bond acceptors (Lipinski definition) is 5. The molecule has 1 aromatic rings. The molecule has 0 N–H and O–H groups in total. The minimum absolute atomic E-state index is 0.0424. The number of nitrogens with zero attached hydrogens (tertiary/aromatic N) is 2. The summed E-state index contributed by atoms with van der Waals surface area (Å²) < 4.78 is 23.1. The minimum Gasteiger partial charge on any atom is -0.310 e. The molecular formula is C12H16N2O4S. The fourth-order valence-corrected chi connectivity index (χ4v) is 3.48. The summed E-state index contributed by atoms with van der Waals surface area (Å²) in [6.45, 7) is 0.382. The molecule has 0 amide bonds. The van der Waals surface area contributed by atoms with Crippen LogP contribution in [0.3, 0.4) is 0 Å². The summed E-state index contributed by atoms with van der Waals surface area (Å²) >= 11 is 0. The number of nitro groups is 1. The molecule has 1 heterocycles. The van der Waals surface area contributed by atoms with Gasteiger partial charge in [-0.25, -0.2) is 8.42 Å². The zero-order valence-corrected chi connectivity index (χ0v) is 11.4. The maximum absolute atomic E-state index is 11.6. The quantitative estimate of drug-likeness (QED) is 0.617. The third kappa shape index (κ3) is 3.04. The Bertz CT molecular complexity index is 558. The predicted molar refractivity (Wildman–Crippen MR) is 72.4 cm³/mol. The van der Waals surface area contributed by atoms with Crippen LogP contribution in [0.15, 0.2) is 30.3 Å². The van der Waals surface area contributed by atoms with Gasteiger partial charge in [0.15, 0.2) is 9.84 Å². The highest BCUT2D eigenvalue weighted by molar-refractivity contribution is 7.91. The first-order chi connectivity index (χ1) is 8.89. The van der Waals surface area contributed by atoms with E-state index in [4.69, 9.17) is 0 Å². The summed E-state index contributed by atoms with van der Waals surface area (Å²) in [4.78, 5) is 12.4. The van der Waals surface area contributed by atoms with Crippen molar-refractivity contribution in [3.8, 4) is 0 Å². The first-order valence-corrected chi connectivity index (χ1v) is 7.99. The van der Waals surface area contributed by atoms with E-state index < -0.39 is 26.2 Å². The van der Waals surface area contributed by atoms with Crippen molar-refractivity contribution in [2.24, 2.45) is 0 Å². The van der Waals surface area contributed by atoms with Crippen LogP contribution in [0, 0.1) is 10.1 Å². The molecule has 7 heteroatoms. The number of rotatable bonds is 3. The highest BCUT2D eigenvalue weighted by atomic mass is 32.2. The van der Waals surface area contributed by atoms with Crippen LogP contribution >= 0.6 is 0 Å². The van der Waals surface area contributed by atoms with E-state index >= 15 is 0 Å². The molecule has 0 aromatic heterocycles. The van der Waals surface area contributed by atoms with E-state index in [9.17, 15) is 18.5 Å². The van der Waals surface area contributed by atoms with Gasteiger partial charge in [0.1, 0.15) is 0 Å². The first kappa shape index (κ1) is 13.8. The highest BCUT2D eigenvalue weighted by Crippen LogP contribution is 2.27. The van der Waals surface area contributed by atoms with Crippen molar-refractivity contribution in [1.29, 1.82) is 0 Å². The Morgan fingerprint density at radius 3 is 2.47 bits per heavy atom. The summed E-state index contributed by atoms with van der Waals surface area (Å²) in [6.07, 6.45) is 0.641. The van der Waals surface area contributed by atoms with Gasteiger partial charge in [-0.1, -0.05) is 18.2 Å². The summed E-state index contributed by atoms with van der Waals surface area (Å²) in [5.74, 6) is 0. The van der Waals surface area contributed by atoms with Gasteiger partial charge in [-0.3, -0.25) is 10.1 Å². The second kappa shape index (κ2) is 5.16. The van der Waals surface area contributed by atoms with Gasteiger partial charge >= 0.3 is 0 Å². The van der Waals surface area contributed by atoms with E-state index in [-0.39, 0.29) is 6.42 Å². The summed E-state index contributed by atoms with van der Waals surface area (Å²) in [5, 5.41) is 10.6. The van der Waals surface area contributed by atoms with Crippen LogP contribution in [0.1, 0.15) is 12.8 Å². The Balaban J connectivity index is 2.26. The van der Waals surface area contributed by atoms with Crippen molar-refractivity contribution >= 4 is 15.5 Å². The van der Waals surface area contributed by atoms with Crippen LogP contribution in [0.4, 0.5) is 5.69 Å². The molecule has 0 saturated carbocycles. The molecule has 19 heavy (non-hydrogen) atoms. The summed E-state index contributed by atoms with van der Waals surface area (Å²) in [5.41, 5.74) is 0.760. The largest absolute Gasteiger partial charge is 0.310 e. The number of hydrogen-bond donors (Lipinski definition) is 0. The van der Waals surface area contributed by atoms with Crippen molar-refractivity contribution in [3.63, 3.8) is 0 Å². The van der Waals surface area contributed by atoms with Crippen molar-refractivity contribution in [3.05, 3.63) is 40.4 Å². The standard InChI is InChI=1S/C12H16N2O4S/c1-19(17,18)11-7-8-13(12(9-11)14(15)16)10-5-3-2-4-6-10/h2-6,11-12H,7-9H2,1H3. The van der Waals surface area contributed by atoms with Gasteiger partial charge in [-0.15, -0.1) is 0 Å². The molecule has 1 aromatic carbocycles. The topological polar surface area (TPSA) is 80.5 Å². The fraction of sp³-hybridized carbons (Fsp3) is 0.500. The van der Waals surface area contributed by atoms with Gasteiger partial charge in [-0.2, -0.15) is 0 Å². The van der Waals surface area contributed by atoms with Gasteiger partial charge in [0, 0.05) is 23.4 Å². The molecule has 6 nitrogen and oxygen atoms in total. The van der Waals surface area contributed by atoms with Crippen LogP contribution in [0.5, 0.6) is 0 Å². The Kier molecular flexibility index (Phi) is 3.75. The molecule has 1 saturated heterocycles. The maximum atomic E-state index is 11.6. The molecule has 0 aliphatic carbocycles. The van der Waals surface area contributed by atoms with Crippen molar-refractivity contribution < 1.29 is 13.3 Å². The molecular weight excluding hydrogens is 268 g/mol. The first-order valence-electron chi connectivity index (χ1n) is 6.03. The number of sulfone groups is 1. The van der Waals surface area contributed by atoms with Crippen LogP contribution in [0.2, 0.25) is 0 Å². The molecule has 104 valence electrons. The lowest BCUT2D eigenvalue weighted by atomic mass is 10.1. The molecule has 2 unspecified atom stereocenters. The van der Waals surface area contributed by atoms with E-state index in [0.717, 1.165) is 11.9 Å². The van der Waals surface area contributed by atoms with E-state index in [2.05, 4.69) is 0 Å². The molecule has 0 spiro atoms. The number of benzene rings is 1. The third-order valence-corrected chi connectivity index (χ3v) is 5.10. The molecule has 0 radical (unpaired) electrons. The zero-order chi connectivity index (χ0) is 14.0. The van der Waals surface area contributed by atoms with Crippen LogP contribution in [-0.2, 0) is 9.84 Å². The molecule has 1 aliphatic rings. The lowest BCUT2D eigenvalue weighted by molar-refractivity contribution is -0.524. The lowest BCUT2D eigenvalue weighted by Crippen LogP contribution is -2.50. The fourth-order valence-electron chi connectivity index (χ4n) is 2.42. The maximum Gasteiger partial charge on any atom is 0.288 e. The Labute approximate surface area is 112 Å². The van der Waals surface area contributed by atoms with Crippen LogP contribution < -0.4 is 4.90 Å². The zero-order valence-electron chi connectivity index (χ0n) is 10.6. The van der Waals surface area contributed by atoms with Gasteiger partial charge in [0.05, 0.1) is 11.7 Å². The second-order valence-electron chi connectivity index (χ2n) is 4.77. The van der Waals surface area contributed by atoms with E-state index in [1.54, 1.807) is 17.0 Å². The third-order valence-electron chi connectivity index (χ3n) is 3.46. The second-order valence-corrected chi connectivity index (χ2v) is 7.10. The van der Waals surface area contributed by atoms with Gasteiger partial charge < -0.3 is 4.90 Å². The van der Waals surface area contributed by atoms with Crippen molar-refractivity contribution in [1.82, 2.24) is 0 Å². The van der Waals surface area contributed by atoms with E-state index in [1.165, 1.54) is 0 Å². The summed E-state index contributed by atoms with van der Waals surface area (Å²) in [7, 11) is -3.23. The number of para-hydroxylation sites is 1. The SMILES string of the molecule is CS(=O)(=O)C1CCN(c2ccccc2)C([N+](=O)[O-])C1. The average Bonchev–Trinajstić information content (AvgIpc) is 2.38. The van der Waals surface area contributed by atoms with E-state index in [1.807, 2.05) is 18.2 Å². The average molecular weight is 284 g/mol. The predicted octanol–water partition coefficient (Wildman–Crippen LogP) is 1.30. The van der Waals surface area contributed by atoms with Gasteiger partial charge in [0.25, 0.3) is 6.17 Å². The number of piperidine rings is 1. The smallest absolute Gasteiger partial charge is 0.288 e. The lowest BCUT2D eigenvalue weighted by Gasteiger charge is -2.34. The molecule has 2 atom stereocenters. The van der Waals surface area contributed by atoms with Crippen LogP contribution in [0.25, 0.3) is 0 Å². The number of anilines is 1. The molecule has 0 bridgehead atoms. The van der Waals surface area contributed by atoms with Gasteiger partial charge in [-0.05, 0) is 18.6 Å². The molecule has 1 fully saturated rings. The normalized spacial score (nSPS) is 24.2. The van der Waals surface area contributed by atoms with Crippen molar-refractivity contribution in [2.75, 3.05) is 17.7 Å². The molecule has 1 aliphatic heterocycles. The van der Waals surface area contributed by atoms with Crippen LogP contribution in [-0.4, -0.2) is 37.6 Å². The summed E-state index contributed by atoms with van der Waals surface area (Å²) in [6, 6.07) is 9.08. The Morgan fingerprint density at radius 2 is 1.95 bits per heavy atom. The monoisotopic (exact) mass is 284 g/mol. The Hall–Kier alpha value is -1.63. The van der Waals surface area contributed by atoms with Crippen molar-refractivity contribution in [2.45, 2.75) is 24.3 Å². The molecule has 2 rings (SSSR count). The Morgan fingerprint density at radius 1 is 1.32 bits per heavy atom. The van der Waals surface area contributed by atoms with Gasteiger partial charge in [0.2, 0.25) is 0 Å². The minimum atomic E-state index is -3.23. The highest BCUT2D eigenvalue weighted by Gasteiger charge is 2.40. The van der Waals surface area contributed by atoms with E-state index in [0.29, 0.717) is 13.0 Å².